The van der Waals surface area contributed by atoms with E-state index in [1.165, 1.54) is 12.8 Å². The van der Waals surface area contributed by atoms with Crippen LogP contribution in [-0.2, 0) is 0 Å². The van der Waals surface area contributed by atoms with Gasteiger partial charge in [0, 0.05) is 28.9 Å². The fraction of sp³-hybridized carbons (Fsp3) is 0.188. The number of nitriles is 1. The molecular weight excluding hydrogens is 284 g/mol. The maximum absolute atomic E-state index is 9.23. The summed E-state index contributed by atoms with van der Waals surface area (Å²) in [5.41, 5.74) is 4.35. The zero-order chi connectivity index (χ0) is 14.4. The van der Waals surface area contributed by atoms with E-state index in [1.807, 2.05) is 6.20 Å². The third kappa shape index (κ3) is 1.98. The normalized spacial score (nSPS) is 14.3. The highest BCUT2D eigenvalue weighted by molar-refractivity contribution is 6.31. The average molecular weight is 295 g/mol. The van der Waals surface area contributed by atoms with Crippen molar-refractivity contribution in [3.63, 3.8) is 0 Å². The number of hydrogen-bond acceptors (Lipinski definition) is 3. The van der Waals surface area contributed by atoms with Crippen molar-refractivity contribution in [3.8, 4) is 17.2 Å². The highest BCUT2D eigenvalue weighted by Gasteiger charge is 2.24. The van der Waals surface area contributed by atoms with Crippen LogP contribution < -0.4 is 0 Å². The minimum absolute atomic E-state index is 0.385. The molecule has 21 heavy (non-hydrogen) atoms. The standard InChI is InChI=1S/C16H11ClN4/c17-16-12(6-18)5-13(15-8-19-9-21(15)16)11-3-4-14(20-7-11)10-1-2-10/h3-5,7-10H,1-2H2. The Morgan fingerprint density at radius 3 is 2.81 bits per heavy atom. The number of fused-ring (bicyclic) bond motifs is 1. The van der Waals surface area contributed by atoms with Crippen molar-refractivity contribution in [3.05, 3.63) is 53.3 Å². The third-order valence-electron chi connectivity index (χ3n) is 3.85. The topological polar surface area (TPSA) is 54.0 Å². The van der Waals surface area contributed by atoms with Gasteiger partial charge in [0.15, 0.2) is 0 Å². The summed E-state index contributed by atoms with van der Waals surface area (Å²) in [6.07, 6.45) is 7.70. The Kier molecular flexibility index (Phi) is 2.69. The molecule has 1 fully saturated rings. The zero-order valence-corrected chi connectivity index (χ0v) is 11.9. The summed E-state index contributed by atoms with van der Waals surface area (Å²) in [6.45, 7) is 0. The first kappa shape index (κ1) is 12.4. The van der Waals surface area contributed by atoms with E-state index in [1.54, 1.807) is 23.0 Å². The quantitative estimate of drug-likeness (QED) is 0.676. The predicted octanol–water partition coefficient (Wildman–Crippen LogP) is 3.80. The number of halogens is 1. The SMILES string of the molecule is N#Cc1cc(-c2ccc(C3CC3)nc2)c2cncn2c1Cl. The molecule has 1 saturated carbocycles. The first-order valence-electron chi connectivity index (χ1n) is 6.79. The van der Waals surface area contributed by atoms with E-state index >= 15 is 0 Å². The monoisotopic (exact) mass is 294 g/mol. The molecule has 0 bridgehead atoms. The fourth-order valence-electron chi connectivity index (χ4n) is 2.55. The maximum Gasteiger partial charge on any atom is 0.132 e. The second-order valence-corrected chi connectivity index (χ2v) is 5.63. The Morgan fingerprint density at radius 1 is 1.29 bits per heavy atom. The Bertz CT molecular complexity index is 870. The van der Waals surface area contributed by atoms with Gasteiger partial charge in [0.2, 0.25) is 0 Å². The molecule has 4 rings (SSSR count). The van der Waals surface area contributed by atoms with Gasteiger partial charge in [-0.05, 0) is 25.0 Å². The van der Waals surface area contributed by atoms with Crippen molar-refractivity contribution in [1.29, 1.82) is 5.26 Å². The van der Waals surface area contributed by atoms with Gasteiger partial charge in [-0.15, -0.1) is 0 Å². The summed E-state index contributed by atoms with van der Waals surface area (Å²) in [6, 6.07) is 8.05. The molecule has 0 aromatic carbocycles. The summed E-state index contributed by atoms with van der Waals surface area (Å²) < 4.78 is 1.73. The van der Waals surface area contributed by atoms with Gasteiger partial charge in [-0.25, -0.2) is 4.98 Å². The molecule has 0 unspecified atom stereocenters. The molecule has 0 aliphatic heterocycles. The van der Waals surface area contributed by atoms with Crippen molar-refractivity contribution < 1.29 is 0 Å². The molecule has 3 aromatic heterocycles. The van der Waals surface area contributed by atoms with Gasteiger partial charge in [-0.2, -0.15) is 5.26 Å². The van der Waals surface area contributed by atoms with Crippen molar-refractivity contribution >= 4 is 17.1 Å². The fourth-order valence-corrected chi connectivity index (χ4v) is 2.78. The zero-order valence-electron chi connectivity index (χ0n) is 11.1. The van der Waals surface area contributed by atoms with E-state index in [0.717, 1.165) is 22.3 Å². The predicted molar refractivity (Wildman–Crippen MR) is 80.1 cm³/mol. The van der Waals surface area contributed by atoms with Crippen molar-refractivity contribution in [2.24, 2.45) is 0 Å². The van der Waals surface area contributed by atoms with E-state index in [0.29, 0.717) is 16.6 Å². The van der Waals surface area contributed by atoms with Crippen LogP contribution >= 0.6 is 11.6 Å². The Balaban J connectivity index is 1.90. The molecule has 102 valence electrons. The molecule has 5 heteroatoms. The highest BCUT2D eigenvalue weighted by atomic mass is 35.5. The lowest BCUT2D eigenvalue weighted by atomic mass is 10.1. The molecule has 3 aromatic rings. The Labute approximate surface area is 126 Å². The average Bonchev–Trinajstić information content (AvgIpc) is 3.25. The van der Waals surface area contributed by atoms with Crippen LogP contribution in [0.4, 0.5) is 0 Å². The van der Waals surface area contributed by atoms with Gasteiger partial charge >= 0.3 is 0 Å². The maximum atomic E-state index is 9.23. The number of hydrogen-bond donors (Lipinski definition) is 0. The van der Waals surface area contributed by atoms with Gasteiger partial charge in [-0.1, -0.05) is 17.7 Å². The minimum atomic E-state index is 0.385. The van der Waals surface area contributed by atoms with Crippen LogP contribution in [0.3, 0.4) is 0 Å². The first-order chi connectivity index (χ1) is 10.3. The van der Waals surface area contributed by atoms with E-state index in [9.17, 15) is 5.26 Å². The molecule has 0 saturated heterocycles. The molecule has 4 nitrogen and oxygen atoms in total. The van der Waals surface area contributed by atoms with E-state index in [4.69, 9.17) is 11.6 Å². The van der Waals surface area contributed by atoms with Gasteiger partial charge in [0.1, 0.15) is 17.5 Å². The van der Waals surface area contributed by atoms with Crippen LogP contribution in [0.1, 0.15) is 30.0 Å². The minimum Gasteiger partial charge on any atom is -0.288 e. The van der Waals surface area contributed by atoms with E-state index in [2.05, 4.69) is 28.2 Å². The summed E-state index contributed by atoms with van der Waals surface area (Å²) in [4.78, 5) is 8.67. The summed E-state index contributed by atoms with van der Waals surface area (Å²) in [5, 5.41) is 9.61. The van der Waals surface area contributed by atoms with Crippen LogP contribution in [0, 0.1) is 11.3 Å². The molecule has 0 atom stereocenters. The highest BCUT2D eigenvalue weighted by Crippen LogP contribution is 2.39. The molecule has 0 amide bonds. The molecule has 1 aliphatic rings. The molecule has 0 radical (unpaired) electrons. The van der Waals surface area contributed by atoms with Crippen LogP contribution in [0.25, 0.3) is 16.6 Å². The van der Waals surface area contributed by atoms with Crippen LogP contribution in [0.5, 0.6) is 0 Å². The van der Waals surface area contributed by atoms with E-state index < -0.39 is 0 Å². The first-order valence-corrected chi connectivity index (χ1v) is 7.16. The lowest BCUT2D eigenvalue weighted by Crippen LogP contribution is -1.94. The lowest BCUT2D eigenvalue weighted by molar-refractivity contribution is 1.02. The smallest absolute Gasteiger partial charge is 0.132 e. The Morgan fingerprint density at radius 2 is 2.14 bits per heavy atom. The largest absolute Gasteiger partial charge is 0.288 e. The summed E-state index contributed by atoms with van der Waals surface area (Å²) in [7, 11) is 0. The number of rotatable bonds is 2. The lowest BCUT2D eigenvalue weighted by Gasteiger charge is -2.08. The second-order valence-electron chi connectivity index (χ2n) is 5.27. The molecule has 3 heterocycles. The van der Waals surface area contributed by atoms with Gasteiger partial charge in [-0.3, -0.25) is 9.38 Å². The van der Waals surface area contributed by atoms with Crippen LogP contribution in [-0.4, -0.2) is 14.4 Å². The van der Waals surface area contributed by atoms with Gasteiger partial charge in [0.05, 0.1) is 17.3 Å². The molecule has 0 spiro atoms. The van der Waals surface area contributed by atoms with Gasteiger partial charge < -0.3 is 0 Å². The molecular formula is C16H11ClN4. The van der Waals surface area contributed by atoms with E-state index in [-0.39, 0.29) is 0 Å². The van der Waals surface area contributed by atoms with Crippen LogP contribution in [0.15, 0.2) is 36.9 Å². The van der Waals surface area contributed by atoms with Crippen molar-refractivity contribution in [2.75, 3.05) is 0 Å². The summed E-state index contributed by atoms with van der Waals surface area (Å²) in [5.74, 6) is 0.633. The van der Waals surface area contributed by atoms with Gasteiger partial charge in [0.25, 0.3) is 0 Å². The number of pyridine rings is 2. The second kappa shape index (κ2) is 4.57. The van der Waals surface area contributed by atoms with Crippen molar-refractivity contribution in [2.45, 2.75) is 18.8 Å². The third-order valence-corrected chi connectivity index (χ3v) is 4.24. The summed E-state index contributed by atoms with van der Waals surface area (Å²) >= 11 is 6.20. The number of aromatic nitrogens is 3. The molecule has 1 aliphatic carbocycles. The number of imidazole rings is 1. The van der Waals surface area contributed by atoms with Crippen LogP contribution in [0.2, 0.25) is 5.15 Å². The number of nitrogens with zero attached hydrogens (tertiary/aromatic N) is 4. The Hall–Kier alpha value is -2.38. The van der Waals surface area contributed by atoms with Crippen molar-refractivity contribution in [1.82, 2.24) is 14.4 Å². The molecule has 0 N–H and O–H groups in total.